The average Bonchev–Trinajstić information content (AvgIpc) is 3.30. The van der Waals surface area contributed by atoms with Crippen LogP contribution in [-0.4, -0.2) is 24.5 Å². The summed E-state index contributed by atoms with van der Waals surface area (Å²) in [5.74, 6) is 0. The maximum atomic E-state index is 5.53. The van der Waals surface area contributed by atoms with E-state index in [4.69, 9.17) is 4.74 Å². The molecular formula is C17H25NOS. The van der Waals surface area contributed by atoms with Crippen molar-refractivity contribution in [1.82, 2.24) is 5.32 Å². The van der Waals surface area contributed by atoms with Gasteiger partial charge in [0, 0.05) is 29.8 Å². The molecule has 2 nitrogen and oxygen atoms in total. The van der Waals surface area contributed by atoms with Crippen LogP contribution in [0.15, 0.2) is 29.2 Å². The number of rotatable bonds is 6. The SMILES string of the molecule is COC1CCCC(Sc2cccc(CNC3CC3)c2)C1. The molecule has 20 heavy (non-hydrogen) atoms. The van der Waals surface area contributed by atoms with Crippen LogP contribution in [0.3, 0.4) is 0 Å². The molecule has 2 saturated carbocycles. The zero-order valence-electron chi connectivity index (χ0n) is 12.3. The van der Waals surface area contributed by atoms with Gasteiger partial charge < -0.3 is 10.1 Å². The van der Waals surface area contributed by atoms with Crippen molar-refractivity contribution in [3.8, 4) is 0 Å². The first kappa shape index (κ1) is 14.4. The molecule has 0 saturated heterocycles. The largest absolute Gasteiger partial charge is 0.381 e. The molecule has 0 bridgehead atoms. The molecule has 3 heteroatoms. The van der Waals surface area contributed by atoms with E-state index in [1.54, 1.807) is 0 Å². The third-order valence-corrected chi connectivity index (χ3v) is 5.57. The first-order valence-electron chi connectivity index (χ1n) is 7.85. The zero-order chi connectivity index (χ0) is 13.8. The molecule has 0 aliphatic heterocycles. The standard InChI is InChI=1S/C17H25NOS/c1-19-15-5-3-7-17(11-15)20-16-6-2-4-13(10-16)12-18-14-8-9-14/h2,4,6,10,14-15,17-18H,3,5,7-9,11-12H2,1H3. The van der Waals surface area contributed by atoms with Crippen LogP contribution in [0.2, 0.25) is 0 Å². The van der Waals surface area contributed by atoms with Crippen molar-refractivity contribution in [2.75, 3.05) is 7.11 Å². The molecule has 2 unspecified atom stereocenters. The highest BCUT2D eigenvalue weighted by molar-refractivity contribution is 8.00. The van der Waals surface area contributed by atoms with Crippen molar-refractivity contribution in [2.45, 2.75) is 67.4 Å². The summed E-state index contributed by atoms with van der Waals surface area (Å²) in [7, 11) is 1.85. The molecule has 2 atom stereocenters. The molecule has 2 aliphatic carbocycles. The second-order valence-electron chi connectivity index (χ2n) is 6.07. The van der Waals surface area contributed by atoms with E-state index < -0.39 is 0 Å². The molecule has 1 N–H and O–H groups in total. The molecule has 0 amide bonds. The van der Waals surface area contributed by atoms with Crippen molar-refractivity contribution in [3.05, 3.63) is 29.8 Å². The van der Waals surface area contributed by atoms with Crippen LogP contribution in [-0.2, 0) is 11.3 Å². The third-order valence-electron chi connectivity index (χ3n) is 4.28. The Morgan fingerprint density at radius 1 is 1.25 bits per heavy atom. The van der Waals surface area contributed by atoms with Crippen LogP contribution in [0.5, 0.6) is 0 Å². The third kappa shape index (κ3) is 4.24. The van der Waals surface area contributed by atoms with E-state index in [9.17, 15) is 0 Å². The highest BCUT2D eigenvalue weighted by Crippen LogP contribution is 2.34. The molecule has 2 aliphatic rings. The summed E-state index contributed by atoms with van der Waals surface area (Å²) in [5.41, 5.74) is 1.42. The van der Waals surface area contributed by atoms with Crippen LogP contribution >= 0.6 is 11.8 Å². The van der Waals surface area contributed by atoms with Crippen LogP contribution in [0, 0.1) is 0 Å². The highest BCUT2D eigenvalue weighted by atomic mass is 32.2. The van der Waals surface area contributed by atoms with Crippen LogP contribution in [0.4, 0.5) is 0 Å². The van der Waals surface area contributed by atoms with Crippen LogP contribution < -0.4 is 5.32 Å². The molecular weight excluding hydrogens is 266 g/mol. The Balaban J connectivity index is 1.54. The molecule has 1 aromatic rings. The van der Waals surface area contributed by atoms with Gasteiger partial charge in [-0.15, -0.1) is 11.8 Å². The lowest BCUT2D eigenvalue weighted by molar-refractivity contribution is 0.0730. The van der Waals surface area contributed by atoms with Crippen molar-refractivity contribution in [2.24, 2.45) is 0 Å². The number of methoxy groups -OCH3 is 1. The lowest BCUT2D eigenvalue weighted by Crippen LogP contribution is -2.23. The first-order chi connectivity index (χ1) is 9.83. The normalized spacial score (nSPS) is 26.6. The summed E-state index contributed by atoms with van der Waals surface area (Å²) in [6.45, 7) is 1.02. The van der Waals surface area contributed by atoms with E-state index in [0.29, 0.717) is 6.10 Å². The summed E-state index contributed by atoms with van der Waals surface area (Å²) in [5, 5.41) is 4.31. The Morgan fingerprint density at radius 3 is 2.95 bits per heavy atom. The first-order valence-corrected chi connectivity index (χ1v) is 8.73. The molecule has 0 spiro atoms. The topological polar surface area (TPSA) is 21.3 Å². The number of hydrogen-bond acceptors (Lipinski definition) is 3. The average molecular weight is 291 g/mol. The summed E-state index contributed by atoms with van der Waals surface area (Å²) < 4.78 is 5.53. The quantitative estimate of drug-likeness (QED) is 0.856. The van der Waals surface area contributed by atoms with E-state index >= 15 is 0 Å². The minimum Gasteiger partial charge on any atom is -0.381 e. The minimum atomic E-state index is 0.473. The predicted molar refractivity (Wildman–Crippen MR) is 85.2 cm³/mol. The summed E-state index contributed by atoms with van der Waals surface area (Å²) in [4.78, 5) is 1.42. The van der Waals surface area contributed by atoms with E-state index in [0.717, 1.165) is 17.8 Å². The van der Waals surface area contributed by atoms with Crippen molar-refractivity contribution in [1.29, 1.82) is 0 Å². The molecule has 0 aromatic heterocycles. The van der Waals surface area contributed by atoms with E-state index in [2.05, 4.69) is 29.6 Å². The number of hydrogen-bond donors (Lipinski definition) is 1. The van der Waals surface area contributed by atoms with Gasteiger partial charge in [0.05, 0.1) is 6.10 Å². The monoisotopic (exact) mass is 291 g/mol. The van der Waals surface area contributed by atoms with Crippen molar-refractivity contribution >= 4 is 11.8 Å². The lowest BCUT2D eigenvalue weighted by Gasteiger charge is -2.27. The van der Waals surface area contributed by atoms with Crippen LogP contribution in [0.25, 0.3) is 0 Å². The number of benzene rings is 1. The van der Waals surface area contributed by atoms with Crippen LogP contribution in [0.1, 0.15) is 44.1 Å². The fourth-order valence-corrected chi connectivity index (χ4v) is 4.25. The molecule has 110 valence electrons. The smallest absolute Gasteiger partial charge is 0.0582 e. The van der Waals surface area contributed by atoms with Gasteiger partial charge in [-0.2, -0.15) is 0 Å². The van der Waals surface area contributed by atoms with E-state index in [1.165, 1.54) is 49.0 Å². The molecule has 3 rings (SSSR count). The summed E-state index contributed by atoms with van der Waals surface area (Å²) in [6.07, 6.45) is 8.25. The van der Waals surface area contributed by atoms with Gasteiger partial charge in [-0.05, 0) is 56.2 Å². The molecule has 1 aromatic carbocycles. The van der Waals surface area contributed by atoms with Gasteiger partial charge in [0.2, 0.25) is 0 Å². The maximum Gasteiger partial charge on any atom is 0.0582 e. The zero-order valence-corrected chi connectivity index (χ0v) is 13.1. The fraction of sp³-hybridized carbons (Fsp3) is 0.647. The Morgan fingerprint density at radius 2 is 2.15 bits per heavy atom. The second kappa shape index (κ2) is 6.97. The minimum absolute atomic E-state index is 0.473. The summed E-state index contributed by atoms with van der Waals surface area (Å²) in [6, 6.07) is 9.83. The van der Waals surface area contributed by atoms with Crippen molar-refractivity contribution in [3.63, 3.8) is 0 Å². The Kier molecular flexibility index (Phi) is 5.03. The number of thioether (sulfide) groups is 1. The highest BCUT2D eigenvalue weighted by Gasteiger charge is 2.23. The van der Waals surface area contributed by atoms with Gasteiger partial charge in [-0.1, -0.05) is 12.1 Å². The van der Waals surface area contributed by atoms with E-state index in [-0.39, 0.29) is 0 Å². The van der Waals surface area contributed by atoms with Gasteiger partial charge in [0.15, 0.2) is 0 Å². The van der Waals surface area contributed by atoms with Gasteiger partial charge in [0.25, 0.3) is 0 Å². The Bertz CT molecular complexity index is 433. The lowest BCUT2D eigenvalue weighted by atomic mass is 9.97. The predicted octanol–water partition coefficient (Wildman–Crippen LogP) is 3.99. The second-order valence-corrected chi connectivity index (χ2v) is 7.44. The Labute approximate surface area is 126 Å². The fourth-order valence-electron chi connectivity index (χ4n) is 2.89. The molecule has 2 fully saturated rings. The number of nitrogens with one attached hydrogen (secondary N) is 1. The van der Waals surface area contributed by atoms with E-state index in [1.807, 2.05) is 18.9 Å². The molecule has 0 radical (unpaired) electrons. The maximum absolute atomic E-state index is 5.53. The van der Waals surface area contributed by atoms with Gasteiger partial charge in [0.1, 0.15) is 0 Å². The van der Waals surface area contributed by atoms with Gasteiger partial charge in [-0.3, -0.25) is 0 Å². The van der Waals surface area contributed by atoms with Gasteiger partial charge in [-0.25, -0.2) is 0 Å². The molecule has 0 heterocycles. The Hall–Kier alpha value is -0.510. The summed E-state index contributed by atoms with van der Waals surface area (Å²) >= 11 is 2.04. The number of ether oxygens (including phenoxy) is 1. The van der Waals surface area contributed by atoms with Gasteiger partial charge >= 0.3 is 0 Å². The van der Waals surface area contributed by atoms with Crippen molar-refractivity contribution < 1.29 is 4.74 Å².